The molecule has 4 nitrogen and oxygen atoms in total. The molecule has 0 saturated carbocycles. The lowest BCUT2D eigenvalue weighted by molar-refractivity contribution is 0.0633. The summed E-state index contributed by atoms with van der Waals surface area (Å²) in [5.74, 6) is 0. The molecule has 128 valence electrons. The second kappa shape index (κ2) is 7.67. The van der Waals surface area contributed by atoms with Gasteiger partial charge in [-0.1, -0.05) is 56.3 Å². The van der Waals surface area contributed by atoms with Gasteiger partial charge in [-0.25, -0.2) is 4.79 Å². The molecule has 0 spiro atoms. The molecule has 0 aromatic heterocycles. The molecule has 0 unspecified atom stereocenters. The molecular weight excluding hydrogens is 298 g/mol. The number of urea groups is 1. The minimum absolute atomic E-state index is 0.0682. The maximum Gasteiger partial charge on any atom is 0.317 e. The van der Waals surface area contributed by atoms with Gasteiger partial charge in [-0.15, -0.1) is 0 Å². The molecular formula is C20H27N3O. The highest BCUT2D eigenvalue weighted by Gasteiger charge is 2.33. The normalized spacial score (nSPS) is 14.9. The van der Waals surface area contributed by atoms with Crippen molar-refractivity contribution < 1.29 is 4.79 Å². The number of fused-ring (bicyclic) bond motifs is 1. The summed E-state index contributed by atoms with van der Waals surface area (Å²) in [6.45, 7) is 8.84. The number of amides is 2. The number of nitrogens with one attached hydrogen (secondary N) is 1. The third-order valence-electron chi connectivity index (χ3n) is 5.03. The van der Waals surface area contributed by atoms with Gasteiger partial charge < -0.3 is 10.2 Å². The molecule has 24 heavy (non-hydrogen) atoms. The Balaban J connectivity index is 1.48. The molecule has 1 aliphatic rings. The maximum atomic E-state index is 12.2. The molecule has 3 rings (SSSR count). The van der Waals surface area contributed by atoms with Crippen LogP contribution in [0.2, 0.25) is 0 Å². The van der Waals surface area contributed by atoms with Gasteiger partial charge in [0, 0.05) is 25.7 Å². The first kappa shape index (κ1) is 16.8. The topological polar surface area (TPSA) is 35.6 Å². The number of likely N-dealkylation sites (N-methyl/N-ethyl adjacent to an activating group) is 1. The van der Waals surface area contributed by atoms with Crippen LogP contribution in [0.1, 0.15) is 19.4 Å². The van der Waals surface area contributed by atoms with Gasteiger partial charge in [0.05, 0.1) is 0 Å². The Kier molecular flexibility index (Phi) is 5.36. The van der Waals surface area contributed by atoms with Crippen LogP contribution in [0.15, 0.2) is 42.5 Å². The van der Waals surface area contributed by atoms with Crippen LogP contribution in [0.5, 0.6) is 0 Å². The van der Waals surface area contributed by atoms with E-state index < -0.39 is 0 Å². The smallest absolute Gasteiger partial charge is 0.317 e. The van der Waals surface area contributed by atoms with E-state index in [1.807, 2.05) is 4.90 Å². The van der Waals surface area contributed by atoms with E-state index in [2.05, 4.69) is 66.5 Å². The van der Waals surface area contributed by atoms with Crippen LogP contribution in [-0.4, -0.2) is 54.6 Å². The van der Waals surface area contributed by atoms with Gasteiger partial charge in [-0.2, -0.15) is 0 Å². The van der Waals surface area contributed by atoms with Crippen molar-refractivity contribution in [2.45, 2.75) is 26.3 Å². The minimum atomic E-state index is 0.0682. The van der Waals surface area contributed by atoms with Crippen molar-refractivity contribution in [2.75, 3.05) is 32.7 Å². The van der Waals surface area contributed by atoms with Crippen molar-refractivity contribution in [3.05, 3.63) is 48.0 Å². The second-order valence-electron chi connectivity index (χ2n) is 6.40. The monoisotopic (exact) mass is 325 g/mol. The third kappa shape index (κ3) is 3.54. The van der Waals surface area contributed by atoms with Crippen LogP contribution < -0.4 is 5.32 Å². The molecule has 1 heterocycles. The largest absolute Gasteiger partial charge is 0.338 e. The molecule has 1 N–H and O–H groups in total. The summed E-state index contributed by atoms with van der Waals surface area (Å²) in [6, 6.07) is 15.4. The lowest BCUT2D eigenvalue weighted by Gasteiger charge is -2.44. The van der Waals surface area contributed by atoms with Crippen LogP contribution in [0.4, 0.5) is 4.79 Å². The average molecular weight is 325 g/mol. The van der Waals surface area contributed by atoms with Gasteiger partial charge in [-0.3, -0.25) is 4.90 Å². The van der Waals surface area contributed by atoms with Crippen molar-refractivity contribution >= 4 is 16.8 Å². The fraction of sp³-hybridized carbons (Fsp3) is 0.450. The molecule has 2 aromatic rings. The lowest BCUT2D eigenvalue weighted by atomic mass is 10.0. The summed E-state index contributed by atoms with van der Waals surface area (Å²) < 4.78 is 0. The predicted octanol–water partition coefficient (Wildman–Crippen LogP) is 3.12. The van der Waals surface area contributed by atoms with Crippen LogP contribution in [0.25, 0.3) is 10.8 Å². The summed E-state index contributed by atoms with van der Waals surface area (Å²) in [6.07, 6.45) is 0.862. The summed E-state index contributed by atoms with van der Waals surface area (Å²) in [5.41, 5.74) is 1.29. The summed E-state index contributed by atoms with van der Waals surface area (Å²) in [4.78, 5) is 16.5. The number of carbonyl (C=O) groups excluding carboxylic acids is 1. The zero-order valence-electron chi connectivity index (χ0n) is 14.7. The first-order valence-corrected chi connectivity index (χ1v) is 8.96. The Morgan fingerprint density at radius 3 is 2.58 bits per heavy atom. The number of rotatable bonds is 6. The molecule has 0 bridgehead atoms. The Morgan fingerprint density at radius 2 is 1.83 bits per heavy atom. The van der Waals surface area contributed by atoms with Crippen LogP contribution >= 0.6 is 0 Å². The van der Waals surface area contributed by atoms with Gasteiger partial charge in [0.25, 0.3) is 0 Å². The highest BCUT2D eigenvalue weighted by molar-refractivity contribution is 5.85. The molecule has 0 radical (unpaired) electrons. The maximum absolute atomic E-state index is 12.2. The molecule has 4 heteroatoms. The Hall–Kier alpha value is -2.07. The summed E-state index contributed by atoms with van der Waals surface area (Å²) in [5, 5.41) is 5.60. The Labute approximate surface area is 144 Å². The summed E-state index contributed by atoms with van der Waals surface area (Å²) >= 11 is 0. The predicted molar refractivity (Wildman–Crippen MR) is 99.3 cm³/mol. The van der Waals surface area contributed by atoms with Crippen molar-refractivity contribution in [3.63, 3.8) is 0 Å². The van der Waals surface area contributed by atoms with Gasteiger partial charge in [0.1, 0.15) is 0 Å². The van der Waals surface area contributed by atoms with Gasteiger partial charge in [0.15, 0.2) is 0 Å². The van der Waals surface area contributed by atoms with E-state index in [-0.39, 0.29) is 6.03 Å². The molecule has 0 aliphatic carbocycles. The lowest BCUT2D eigenvalue weighted by Crippen LogP contribution is -2.62. The minimum Gasteiger partial charge on any atom is -0.338 e. The van der Waals surface area contributed by atoms with Crippen molar-refractivity contribution in [1.29, 1.82) is 0 Å². The molecule has 1 fully saturated rings. The fourth-order valence-corrected chi connectivity index (χ4v) is 3.52. The zero-order valence-corrected chi connectivity index (χ0v) is 14.7. The summed E-state index contributed by atoms with van der Waals surface area (Å²) in [7, 11) is 0. The van der Waals surface area contributed by atoms with E-state index in [4.69, 9.17) is 0 Å². The average Bonchev–Trinajstić information content (AvgIpc) is 2.57. The van der Waals surface area contributed by atoms with Crippen molar-refractivity contribution in [2.24, 2.45) is 0 Å². The number of benzene rings is 2. The number of hydrogen-bond acceptors (Lipinski definition) is 2. The quantitative estimate of drug-likeness (QED) is 0.886. The molecule has 1 aliphatic heterocycles. The van der Waals surface area contributed by atoms with E-state index in [1.165, 1.54) is 16.3 Å². The van der Waals surface area contributed by atoms with Crippen molar-refractivity contribution in [3.8, 4) is 0 Å². The van der Waals surface area contributed by atoms with Crippen LogP contribution in [0.3, 0.4) is 0 Å². The molecule has 0 atom stereocenters. The highest BCUT2D eigenvalue weighted by Crippen LogP contribution is 2.19. The number of nitrogens with zero attached hydrogens (tertiary/aromatic N) is 2. The van der Waals surface area contributed by atoms with E-state index in [1.54, 1.807) is 0 Å². The van der Waals surface area contributed by atoms with E-state index in [0.29, 0.717) is 12.6 Å². The highest BCUT2D eigenvalue weighted by atomic mass is 16.2. The van der Waals surface area contributed by atoms with E-state index in [9.17, 15) is 4.79 Å². The molecule has 2 amide bonds. The van der Waals surface area contributed by atoms with Gasteiger partial charge in [-0.05, 0) is 35.8 Å². The first-order valence-electron chi connectivity index (χ1n) is 8.96. The SMILES string of the molecule is CCN(CC)C1CN(C(=O)NCCc2cccc3ccccc23)C1. The van der Waals surface area contributed by atoms with Crippen LogP contribution in [0, 0.1) is 0 Å². The van der Waals surface area contributed by atoms with Gasteiger partial charge >= 0.3 is 6.03 Å². The standard InChI is InChI=1S/C20H27N3O/c1-3-22(4-2)18-14-23(15-18)20(24)21-13-12-17-10-7-9-16-8-5-6-11-19(16)17/h5-11,18H,3-4,12-15H2,1-2H3,(H,21,24). The molecule has 2 aromatic carbocycles. The number of hydrogen-bond donors (Lipinski definition) is 1. The number of carbonyl (C=O) groups is 1. The Bertz CT molecular complexity index is 685. The molecule has 1 saturated heterocycles. The fourth-order valence-electron chi connectivity index (χ4n) is 3.52. The van der Waals surface area contributed by atoms with E-state index >= 15 is 0 Å². The first-order chi connectivity index (χ1) is 11.7. The van der Waals surface area contributed by atoms with E-state index in [0.717, 1.165) is 32.6 Å². The zero-order chi connectivity index (χ0) is 16.9. The third-order valence-corrected chi connectivity index (χ3v) is 5.03. The Morgan fingerprint density at radius 1 is 1.12 bits per heavy atom. The van der Waals surface area contributed by atoms with Crippen LogP contribution in [-0.2, 0) is 6.42 Å². The second-order valence-corrected chi connectivity index (χ2v) is 6.40. The number of likely N-dealkylation sites (tertiary alicyclic amines) is 1. The van der Waals surface area contributed by atoms with Gasteiger partial charge in [0.2, 0.25) is 0 Å². The van der Waals surface area contributed by atoms with Crippen molar-refractivity contribution in [1.82, 2.24) is 15.1 Å².